The lowest BCUT2D eigenvalue weighted by molar-refractivity contribution is 0.521. The highest BCUT2D eigenvalue weighted by atomic mass is 15.2. The van der Waals surface area contributed by atoms with Gasteiger partial charge in [-0.25, -0.2) is 4.98 Å². The summed E-state index contributed by atoms with van der Waals surface area (Å²) in [6.45, 7) is 5.10. The van der Waals surface area contributed by atoms with Crippen molar-refractivity contribution >= 4 is 16.7 Å². The van der Waals surface area contributed by atoms with E-state index in [0.29, 0.717) is 6.54 Å². The summed E-state index contributed by atoms with van der Waals surface area (Å²) in [5, 5.41) is 1.18. The zero-order valence-corrected chi connectivity index (χ0v) is 12.2. The predicted octanol–water partition coefficient (Wildman–Crippen LogP) is 3.32. The SMILES string of the molecule is CC1CCCN(c2nc3ccccc3cc2CN)CC1. The molecule has 1 fully saturated rings. The van der Waals surface area contributed by atoms with Crippen molar-refractivity contribution in [1.82, 2.24) is 4.98 Å². The Bertz CT molecular complexity index is 594. The molecule has 20 heavy (non-hydrogen) atoms. The van der Waals surface area contributed by atoms with Crippen LogP contribution in [0.25, 0.3) is 10.9 Å². The van der Waals surface area contributed by atoms with Crippen LogP contribution in [0.2, 0.25) is 0 Å². The first-order chi connectivity index (χ1) is 9.78. The molecule has 0 spiro atoms. The summed E-state index contributed by atoms with van der Waals surface area (Å²) in [6, 6.07) is 10.5. The van der Waals surface area contributed by atoms with Gasteiger partial charge in [-0.05, 0) is 37.3 Å². The van der Waals surface area contributed by atoms with Crippen LogP contribution in [0, 0.1) is 5.92 Å². The van der Waals surface area contributed by atoms with Crippen LogP contribution in [0.4, 0.5) is 5.82 Å². The maximum absolute atomic E-state index is 5.95. The second-order valence-electron chi connectivity index (χ2n) is 5.89. The summed E-state index contributed by atoms with van der Waals surface area (Å²) in [6.07, 6.45) is 3.82. The molecule has 3 nitrogen and oxygen atoms in total. The van der Waals surface area contributed by atoms with Gasteiger partial charge >= 0.3 is 0 Å². The molecular formula is C17H23N3. The first-order valence-corrected chi connectivity index (χ1v) is 7.61. The Morgan fingerprint density at radius 2 is 2.10 bits per heavy atom. The molecule has 2 N–H and O–H groups in total. The molecule has 1 aromatic heterocycles. The van der Waals surface area contributed by atoms with Gasteiger partial charge < -0.3 is 10.6 Å². The number of hydrogen-bond donors (Lipinski definition) is 1. The van der Waals surface area contributed by atoms with Crippen LogP contribution in [0.5, 0.6) is 0 Å². The van der Waals surface area contributed by atoms with Crippen molar-refractivity contribution in [2.75, 3.05) is 18.0 Å². The Morgan fingerprint density at radius 3 is 2.95 bits per heavy atom. The number of aromatic nitrogens is 1. The van der Waals surface area contributed by atoms with Gasteiger partial charge in [0.1, 0.15) is 5.82 Å². The van der Waals surface area contributed by atoms with Crippen LogP contribution in [0.1, 0.15) is 31.7 Å². The molecule has 0 amide bonds. The quantitative estimate of drug-likeness (QED) is 0.909. The van der Waals surface area contributed by atoms with Crippen molar-refractivity contribution in [2.24, 2.45) is 11.7 Å². The van der Waals surface area contributed by atoms with Crippen LogP contribution in [-0.4, -0.2) is 18.1 Å². The number of pyridine rings is 1. The zero-order valence-electron chi connectivity index (χ0n) is 12.2. The Balaban J connectivity index is 2.00. The molecule has 1 saturated heterocycles. The third-order valence-corrected chi connectivity index (χ3v) is 4.32. The molecule has 3 rings (SSSR count). The van der Waals surface area contributed by atoms with Crippen LogP contribution in [0.15, 0.2) is 30.3 Å². The van der Waals surface area contributed by atoms with Crippen molar-refractivity contribution < 1.29 is 0 Å². The monoisotopic (exact) mass is 269 g/mol. The maximum atomic E-state index is 5.95. The molecule has 3 heteroatoms. The van der Waals surface area contributed by atoms with Gasteiger partial charge in [-0.15, -0.1) is 0 Å². The third kappa shape index (κ3) is 2.63. The second kappa shape index (κ2) is 5.80. The van der Waals surface area contributed by atoms with E-state index in [0.717, 1.165) is 30.3 Å². The summed E-state index contributed by atoms with van der Waals surface area (Å²) in [4.78, 5) is 7.31. The molecule has 1 aromatic carbocycles. The molecule has 0 saturated carbocycles. The average Bonchev–Trinajstić information content (AvgIpc) is 2.70. The van der Waals surface area contributed by atoms with E-state index in [9.17, 15) is 0 Å². The number of hydrogen-bond acceptors (Lipinski definition) is 3. The van der Waals surface area contributed by atoms with E-state index in [1.165, 1.54) is 30.2 Å². The molecule has 1 unspecified atom stereocenters. The predicted molar refractivity (Wildman–Crippen MR) is 84.9 cm³/mol. The normalized spacial score (nSPS) is 20.1. The highest BCUT2D eigenvalue weighted by Crippen LogP contribution is 2.26. The van der Waals surface area contributed by atoms with Gasteiger partial charge in [0.25, 0.3) is 0 Å². The molecule has 1 aliphatic heterocycles. The molecule has 106 valence electrons. The van der Waals surface area contributed by atoms with Crippen LogP contribution >= 0.6 is 0 Å². The molecule has 1 aliphatic rings. The van der Waals surface area contributed by atoms with Crippen molar-refractivity contribution in [1.29, 1.82) is 0 Å². The lowest BCUT2D eigenvalue weighted by Gasteiger charge is -2.24. The Hall–Kier alpha value is -1.61. The van der Waals surface area contributed by atoms with E-state index >= 15 is 0 Å². The minimum Gasteiger partial charge on any atom is -0.356 e. The summed E-state index contributed by atoms with van der Waals surface area (Å²) in [5.41, 5.74) is 8.18. The first-order valence-electron chi connectivity index (χ1n) is 7.61. The molecule has 1 atom stereocenters. The highest BCUT2D eigenvalue weighted by molar-refractivity contribution is 5.81. The Kier molecular flexibility index (Phi) is 3.88. The van der Waals surface area contributed by atoms with Gasteiger partial charge in [0.05, 0.1) is 5.52 Å². The molecule has 0 bridgehead atoms. The van der Waals surface area contributed by atoms with Gasteiger partial charge in [0.2, 0.25) is 0 Å². The average molecular weight is 269 g/mol. The van der Waals surface area contributed by atoms with Crippen LogP contribution in [0.3, 0.4) is 0 Å². The number of fused-ring (bicyclic) bond motifs is 1. The van der Waals surface area contributed by atoms with Gasteiger partial charge in [0, 0.05) is 30.6 Å². The summed E-state index contributed by atoms with van der Waals surface area (Å²) < 4.78 is 0. The largest absolute Gasteiger partial charge is 0.356 e. The molecule has 0 radical (unpaired) electrons. The topological polar surface area (TPSA) is 42.2 Å². The Morgan fingerprint density at radius 1 is 1.25 bits per heavy atom. The Labute approximate surface area is 120 Å². The summed E-state index contributed by atoms with van der Waals surface area (Å²) in [5.74, 6) is 1.92. The first kappa shape index (κ1) is 13.4. The van der Waals surface area contributed by atoms with Crippen molar-refractivity contribution in [3.05, 3.63) is 35.9 Å². The van der Waals surface area contributed by atoms with Crippen molar-refractivity contribution in [3.63, 3.8) is 0 Å². The summed E-state index contributed by atoms with van der Waals surface area (Å²) >= 11 is 0. The fourth-order valence-electron chi connectivity index (χ4n) is 3.05. The number of benzene rings is 1. The van der Waals surface area contributed by atoms with Crippen molar-refractivity contribution in [3.8, 4) is 0 Å². The molecule has 0 aliphatic carbocycles. The van der Waals surface area contributed by atoms with E-state index in [1.54, 1.807) is 0 Å². The number of nitrogens with zero attached hydrogens (tertiary/aromatic N) is 2. The van der Waals surface area contributed by atoms with E-state index in [-0.39, 0.29) is 0 Å². The number of anilines is 1. The highest BCUT2D eigenvalue weighted by Gasteiger charge is 2.18. The van der Waals surface area contributed by atoms with Crippen LogP contribution < -0.4 is 10.6 Å². The number of nitrogens with two attached hydrogens (primary N) is 1. The minimum atomic E-state index is 0.555. The van der Waals surface area contributed by atoms with Crippen LogP contribution in [-0.2, 0) is 6.54 Å². The number of para-hydroxylation sites is 1. The molecule has 2 aromatic rings. The minimum absolute atomic E-state index is 0.555. The molecular weight excluding hydrogens is 246 g/mol. The van der Waals surface area contributed by atoms with Gasteiger partial charge in [-0.3, -0.25) is 0 Å². The summed E-state index contributed by atoms with van der Waals surface area (Å²) in [7, 11) is 0. The smallest absolute Gasteiger partial charge is 0.133 e. The lowest BCUT2D eigenvalue weighted by Crippen LogP contribution is -2.27. The maximum Gasteiger partial charge on any atom is 0.133 e. The van der Waals surface area contributed by atoms with Gasteiger partial charge in [0.15, 0.2) is 0 Å². The number of rotatable bonds is 2. The fourth-order valence-corrected chi connectivity index (χ4v) is 3.05. The fraction of sp³-hybridized carbons (Fsp3) is 0.471. The van der Waals surface area contributed by atoms with Crippen molar-refractivity contribution in [2.45, 2.75) is 32.7 Å². The third-order valence-electron chi connectivity index (χ3n) is 4.32. The van der Waals surface area contributed by atoms with E-state index in [4.69, 9.17) is 10.7 Å². The standard InChI is InChI=1S/C17H23N3/c1-13-5-4-9-20(10-8-13)17-15(12-18)11-14-6-2-3-7-16(14)19-17/h2-3,6-7,11,13H,4-5,8-10,12,18H2,1H3. The second-order valence-corrected chi connectivity index (χ2v) is 5.89. The van der Waals surface area contributed by atoms with E-state index in [1.807, 2.05) is 6.07 Å². The lowest BCUT2D eigenvalue weighted by atomic mass is 10.0. The van der Waals surface area contributed by atoms with E-state index in [2.05, 4.69) is 36.1 Å². The molecule has 2 heterocycles. The van der Waals surface area contributed by atoms with Gasteiger partial charge in [-0.2, -0.15) is 0 Å². The zero-order chi connectivity index (χ0) is 13.9. The van der Waals surface area contributed by atoms with E-state index < -0.39 is 0 Å². The van der Waals surface area contributed by atoms with Gasteiger partial charge in [-0.1, -0.05) is 25.1 Å².